The molecule has 1 aromatic carbocycles. The van der Waals surface area contributed by atoms with Gasteiger partial charge in [-0.2, -0.15) is 0 Å². The monoisotopic (exact) mass is 602 g/mol. The lowest BCUT2D eigenvalue weighted by Gasteiger charge is -2.48. The zero-order chi connectivity index (χ0) is 32.0. The summed E-state index contributed by atoms with van der Waals surface area (Å²) in [5, 5.41) is 3.66. The van der Waals surface area contributed by atoms with E-state index in [1.165, 1.54) is 17.2 Å². The van der Waals surface area contributed by atoms with E-state index >= 15 is 0 Å². The summed E-state index contributed by atoms with van der Waals surface area (Å²) < 4.78 is 14.5. The molecule has 3 aliphatic heterocycles. The molecule has 5 nitrogen and oxygen atoms in total. The van der Waals surface area contributed by atoms with Crippen LogP contribution in [-0.2, 0) is 4.79 Å². The van der Waals surface area contributed by atoms with E-state index in [-0.39, 0.29) is 11.7 Å². The smallest absolute Gasteiger partial charge is 0.243 e. The van der Waals surface area contributed by atoms with Gasteiger partial charge in [-0.15, -0.1) is 0 Å². The number of nitrogens with zero attached hydrogens (tertiary/aromatic N) is 3. The Hall–Kier alpha value is -2.99. The van der Waals surface area contributed by atoms with Crippen LogP contribution in [-0.4, -0.2) is 59.8 Å². The van der Waals surface area contributed by atoms with Crippen molar-refractivity contribution in [1.82, 2.24) is 15.1 Å². The molecule has 6 heteroatoms. The molecule has 0 aliphatic carbocycles. The maximum Gasteiger partial charge on any atom is 0.243 e. The molecule has 240 valence electrons. The lowest BCUT2D eigenvalue weighted by atomic mass is 9.82. The van der Waals surface area contributed by atoms with Crippen molar-refractivity contribution in [2.24, 2.45) is 22.7 Å². The first-order valence-corrected chi connectivity index (χ1v) is 16.9. The van der Waals surface area contributed by atoms with E-state index in [1.807, 2.05) is 6.07 Å². The summed E-state index contributed by atoms with van der Waals surface area (Å²) in [4.78, 5) is 23.8. The molecule has 0 saturated carbocycles. The van der Waals surface area contributed by atoms with E-state index in [1.54, 1.807) is 12.1 Å². The standard InChI is InChI=1S/C38H55FN4O/c1-9-28(6)35(34(24-31(10-2)26(3)4)32-12-11-13-33(39)23-32)25-43-21-18-40-38(37(43)44)16-19-42(20-17-38)36-29(7)15-14-27(5)22-30(8)41-36/h11-13,22-24,26,29,31,40H,8-10,14-21,25H2,1-7H3/b27-22-,34-24?,35-28?,41-36?. The van der Waals surface area contributed by atoms with Gasteiger partial charge < -0.3 is 15.1 Å². The van der Waals surface area contributed by atoms with Crippen LogP contribution in [0.5, 0.6) is 0 Å². The number of rotatable bonds is 8. The molecule has 1 spiro atoms. The normalized spacial score (nSPS) is 24.0. The average molecular weight is 603 g/mol. The Morgan fingerprint density at radius 1 is 1.23 bits per heavy atom. The minimum absolute atomic E-state index is 0.190. The maximum absolute atomic E-state index is 14.5. The fourth-order valence-corrected chi connectivity index (χ4v) is 7.05. The Balaban J connectivity index is 1.60. The Morgan fingerprint density at radius 3 is 2.59 bits per heavy atom. The third-order valence-electron chi connectivity index (χ3n) is 10.1. The number of likely N-dealkylation sites (tertiary alicyclic amines) is 1. The van der Waals surface area contributed by atoms with Gasteiger partial charge in [0.1, 0.15) is 17.2 Å². The fourth-order valence-electron chi connectivity index (χ4n) is 7.05. The van der Waals surface area contributed by atoms with Crippen molar-refractivity contribution in [3.8, 4) is 0 Å². The quantitative estimate of drug-likeness (QED) is 0.305. The number of halogens is 1. The van der Waals surface area contributed by atoms with Crippen LogP contribution in [0, 0.1) is 23.6 Å². The predicted molar refractivity (Wildman–Crippen MR) is 183 cm³/mol. The van der Waals surface area contributed by atoms with E-state index in [0.29, 0.717) is 30.8 Å². The SMILES string of the molecule is C=C1/C=C(/C)CCC(C)C(N2CCC3(CC2)NCCN(CC(C(=CC(CC)C(C)C)c2cccc(F)c2)=C(C)CC)C3=O)=N1. The van der Waals surface area contributed by atoms with Crippen molar-refractivity contribution in [3.05, 3.63) is 76.8 Å². The molecule has 2 saturated heterocycles. The highest BCUT2D eigenvalue weighted by Crippen LogP contribution is 2.35. The van der Waals surface area contributed by atoms with Crippen LogP contribution in [0.15, 0.2) is 70.4 Å². The Kier molecular flexibility index (Phi) is 11.4. The molecule has 1 N–H and O–H groups in total. The van der Waals surface area contributed by atoms with Crippen LogP contribution in [0.25, 0.3) is 5.57 Å². The van der Waals surface area contributed by atoms with Crippen LogP contribution in [0.3, 0.4) is 0 Å². The molecule has 2 unspecified atom stereocenters. The molecule has 1 aromatic rings. The number of aliphatic imine (C=N–C) groups is 1. The van der Waals surface area contributed by atoms with Gasteiger partial charge in [-0.3, -0.25) is 4.79 Å². The molecular weight excluding hydrogens is 547 g/mol. The molecule has 1 amide bonds. The van der Waals surface area contributed by atoms with Gasteiger partial charge in [-0.1, -0.05) is 70.6 Å². The fraction of sp³-hybridized carbons (Fsp3) is 0.579. The number of carbonyl (C=O) groups excluding carboxylic acids is 1. The number of piperidine rings is 1. The minimum atomic E-state index is -0.564. The van der Waals surface area contributed by atoms with E-state index in [0.717, 1.165) is 86.4 Å². The number of hydrogen-bond acceptors (Lipinski definition) is 4. The van der Waals surface area contributed by atoms with E-state index < -0.39 is 5.54 Å². The van der Waals surface area contributed by atoms with Crippen molar-refractivity contribution in [2.75, 3.05) is 32.7 Å². The predicted octanol–water partition coefficient (Wildman–Crippen LogP) is 8.17. The first-order valence-electron chi connectivity index (χ1n) is 16.9. The molecule has 2 atom stereocenters. The molecule has 2 fully saturated rings. The van der Waals surface area contributed by atoms with Crippen LogP contribution in [0.1, 0.15) is 92.6 Å². The number of amidine groups is 1. The number of piperazine rings is 1. The summed E-state index contributed by atoms with van der Waals surface area (Å²) in [6, 6.07) is 6.94. The van der Waals surface area contributed by atoms with Crippen LogP contribution in [0.2, 0.25) is 0 Å². The largest absolute Gasteiger partial charge is 0.360 e. The first kappa shape index (κ1) is 33.9. The number of benzene rings is 1. The molecule has 3 heterocycles. The summed E-state index contributed by atoms with van der Waals surface area (Å²) in [6.07, 6.45) is 9.95. The lowest BCUT2D eigenvalue weighted by molar-refractivity contribution is -0.142. The summed E-state index contributed by atoms with van der Waals surface area (Å²) in [5.41, 5.74) is 5.94. The third kappa shape index (κ3) is 7.80. The first-order chi connectivity index (χ1) is 21.0. The second-order valence-corrected chi connectivity index (χ2v) is 13.6. The van der Waals surface area contributed by atoms with Crippen LogP contribution in [0.4, 0.5) is 4.39 Å². The minimum Gasteiger partial charge on any atom is -0.360 e. The van der Waals surface area contributed by atoms with Gasteiger partial charge in [-0.05, 0) is 99.1 Å². The molecule has 0 aromatic heterocycles. The number of allylic oxidation sites excluding steroid dienone is 4. The molecule has 3 aliphatic rings. The number of amides is 1. The van der Waals surface area contributed by atoms with Gasteiger partial charge in [-0.25, -0.2) is 9.38 Å². The summed E-state index contributed by atoms with van der Waals surface area (Å²) in [6.45, 7) is 23.2. The van der Waals surface area contributed by atoms with E-state index in [2.05, 4.69) is 82.3 Å². The summed E-state index contributed by atoms with van der Waals surface area (Å²) in [5.74, 6) is 2.24. The van der Waals surface area contributed by atoms with Crippen LogP contribution >= 0.6 is 0 Å². The highest BCUT2D eigenvalue weighted by molar-refractivity contribution is 5.90. The summed E-state index contributed by atoms with van der Waals surface area (Å²) >= 11 is 0. The van der Waals surface area contributed by atoms with Crippen molar-refractivity contribution in [2.45, 2.75) is 92.5 Å². The second-order valence-electron chi connectivity index (χ2n) is 13.6. The zero-order valence-corrected chi connectivity index (χ0v) is 28.3. The maximum atomic E-state index is 14.5. The lowest BCUT2D eigenvalue weighted by Crippen LogP contribution is -2.68. The van der Waals surface area contributed by atoms with Crippen molar-refractivity contribution in [1.29, 1.82) is 0 Å². The van der Waals surface area contributed by atoms with Gasteiger partial charge in [0, 0.05) is 38.6 Å². The Morgan fingerprint density at radius 2 is 1.95 bits per heavy atom. The molecule has 44 heavy (non-hydrogen) atoms. The van der Waals surface area contributed by atoms with E-state index in [4.69, 9.17) is 4.99 Å². The van der Waals surface area contributed by atoms with Crippen LogP contribution < -0.4 is 5.32 Å². The second kappa shape index (κ2) is 14.9. The third-order valence-corrected chi connectivity index (χ3v) is 10.1. The Bertz CT molecular complexity index is 1330. The van der Waals surface area contributed by atoms with Gasteiger partial charge in [0.25, 0.3) is 0 Å². The van der Waals surface area contributed by atoms with Crippen molar-refractivity contribution in [3.63, 3.8) is 0 Å². The van der Waals surface area contributed by atoms with E-state index in [9.17, 15) is 9.18 Å². The van der Waals surface area contributed by atoms with Gasteiger partial charge >= 0.3 is 0 Å². The van der Waals surface area contributed by atoms with Gasteiger partial charge in [0.05, 0.1) is 5.70 Å². The zero-order valence-electron chi connectivity index (χ0n) is 28.3. The van der Waals surface area contributed by atoms with Crippen molar-refractivity contribution < 1.29 is 9.18 Å². The number of hydrogen-bond donors (Lipinski definition) is 1. The molecule has 4 rings (SSSR count). The van der Waals surface area contributed by atoms with Gasteiger partial charge in [0.15, 0.2) is 0 Å². The van der Waals surface area contributed by atoms with Crippen molar-refractivity contribution >= 4 is 17.3 Å². The molecule has 0 radical (unpaired) electrons. The number of nitrogens with one attached hydrogen (secondary N) is 1. The molecule has 0 bridgehead atoms. The topological polar surface area (TPSA) is 47.9 Å². The molecular formula is C38H55FN4O. The average Bonchev–Trinajstić information content (AvgIpc) is 3.00. The Labute approximate surface area is 266 Å². The highest BCUT2D eigenvalue weighted by atomic mass is 19.1. The summed E-state index contributed by atoms with van der Waals surface area (Å²) in [7, 11) is 0. The van der Waals surface area contributed by atoms with Gasteiger partial charge in [0.2, 0.25) is 5.91 Å². The highest BCUT2D eigenvalue weighted by Gasteiger charge is 2.46. The number of carbonyl (C=O) groups is 1.